The van der Waals surface area contributed by atoms with Gasteiger partial charge in [-0.15, -0.1) is 0 Å². The highest BCUT2D eigenvalue weighted by Gasteiger charge is 2.18. The molecule has 0 saturated heterocycles. The van der Waals surface area contributed by atoms with Crippen LogP contribution < -0.4 is 0 Å². The Hall–Kier alpha value is -4.18. The lowest BCUT2D eigenvalue weighted by Gasteiger charge is -2.14. The summed E-state index contributed by atoms with van der Waals surface area (Å²) in [6, 6.07) is 21.5. The molecule has 0 aliphatic carbocycles. The summed E-state index contributed by atoms with van der Waals surface area (Å²) < 4.78 is 0. The first-order valence-corrected chi connectivity index (χ1v) is 10.3. The van der Waals surface area contributed by atoms with E-state index in [-0.39, 0.29) is 23.0 Å². The fourth-order valence-corrected chi connectivity index (χ4v) is 4.25. The molecule has 5 aromatic carbocycles. The van der Waals surface area contributed by atoms with E-state index in [0.29, 0.717) is 22.3 Å². The van der Waals surface area contributed by atoms with Gasteiger partial charge in [0, 0.05) is 22.3 Å². The first kappa shape index (κ1) is 19.8. The molecule has 158 valence electrons. The summed E-state index contributed by atoms with van der Waals surface area (Å²) in [4.78, 5) is 0. The van der Waals surface area contributed by atoms with Crippen molar-refractivity contribution in [1.29, 1.82) is 0 Å². The zero-order chi connectivity index (χ0) is 22.6. The summed E-state index contributed by atoms with van der Waals surface area (Å²) >= 11 is 0. The van der Waals surface area contributed by atoms with Crippen molar-refractivity contribution < 1.29 is 20.4 Å². The molecule has 0 fully saturated rings. The average Bonchev–Trinajstić information content (AvgIpc) is 2.75. The Morgan fingerprint density at radius 1 is 0.375 bits per heavy atom. The standard InChI is InChI=1S/C28H22O4/c1-15-3-5-17-11-25(29)21(9-19(17)7-15)23-13-28(32)24(14-27(23)31)22-10-20-8-16(2)4-6-18(20)12-26(22)30/h3-14,29-32H,1-2H3. The zero-order valence-electron chi connectivity index (χ0n) is 17.7. The second kappa shape index (κ2) is 7.20. The van der Waals surface area contributed by atoms with E-state index in [9.17, 15) is 20.4 Å². The van der Waals surface area contributed by atoms with E-state index in [4.69, 9.17) is 0 Å². The Morgan fingerprint density at radius 2 is 0.719 bits per heavy atom. The van der Waals surface area contributed by atoms with Crippen LogP contribution in [0.4, 0.5) is 0 Å². The molecule has 4 heteroatoms. The van der Waals surface area contributed by atoms with Crippen LogP contribution in [-0.2, 0) is 0 Å². The van der Waals surface area contributed by atoms with Crippen LogP contribution in [0.2, 0.25) is 0 Å². The average molecular weight is 422 g/mol. The molecule has 0 radical (unpaired) electrons. The summed E-state index contributed by atoms with van der Waals surface area (Å²) in [5.74, 6) is -0.201. The van der Waals surface area contributed by atoms with Gasteiger partial charge in [-0.3, -0.25) is 0 Å². The van der Waals surface area contributed by atoms with Gasteiger partial charge >= 0.3 is 0 Å². The topological polar surface area (TPSA) is 80.9 Å². The quantitative estimate of drug-likeness (QED) is 0.237. The Kier molecular flexibility index (Phi) is 4.45. The highest BCUT2D eigenvalue weighted by Crippen LogP contribution is 2.46. The van der Waals surface area contributed by atoms with Crippen LogP contribution in [0, 0.1) is 13.8 Å². The molecule has 0 aliphatic rings. The third-order valence-electron chi connectivity index (χ3n) is 5.91. The molecule has 0 spiro atoms. The van der Waals surface area contributed by atoms with Crippen molar-refractivity contribution in [1.82, 2.24) is 0 Å². The van der Waals surface area contributed by atoms with E-state index in [1.54, 1.807) is 24.3 Å². The molecular formula is C28H22O4. The van der Waals surface area contributed by atoms with Crippen molar-refractivity contribution in [2.75, 3.05) is 0 Å². The van der Waals surface area contributed by atoms with Crippen LogP contribution in [-0.4, -0.2) is 20.4 Å². The molecule has 0 bridgehead atoms. The van der Waals surface area contributed by atoms with E-state index in [1.165, 1.54) is 12.1 Å². The summed E-state index contributed by atoms with van der Waals surface area (Å²) in [6.07, 6.45) is 0. The lowest BCUT2D eigenvalue weighted by atomic mass is 9.94. The molecule has 5 aromatic rings. The van der Waals surface area contributed by atoms with E-state index < -0.39 is 0 Å². The maximum absolute atomic E-state index is 10.8. The molecule has 5 rings (SSSR count). The SMILES string of the molecule is Cc1ccc2cc(O)c(-c3cc(O)c(-c4cc5cc(C)ccc5cc4O)cc3O)cc2c1. The van der Waals surface area contributed by atoms with Crippen molar-refractivity contribution in [3.8, 4) is 45.3 Å². The lowest BCUT2D eigenvalue weighted by molar-refractivity contribution is 0.458. The van der Waals surface area contributed by atoms with Gasteiger partial charge in [-0.1, -0.05) is 47.5 Å². The number of fused-ring (bicyclic) bond motifs is 2. The minimum Gasteiger partial charge on any atom is -0.507 e. The van der Waals surface area contributed by atoms with Crippen molar-refractivity contribution in [2.45, 2.75) is 13.8 Å². The first-order chi connectivity index (χ1) is 15.3. The predicted octanol–water partition coefficient (Wildman–Crippen LogP) is 6.77. The number of hydrogen-bond acceptors (Lipinski definition) is 4. The maximum atomic E-state index is 10.8. The molecule has 0 unspecified atom stereocenters. The molecule has 4 N–H and O–H groups in total. The van der Waals surface area contributed by atoms with E-state index in [1.807, 2.05) is 50.2 Å². The van der Waals surface area contributed by atoms with Crippen LogP contribution >= 0.6 is 0 Å². The fourth-order valence-electron chi connectivity index (χ4n) is 4.25. The van der Waals surface area contributed by atoms with Gasteiger partial charge in [0.25, 0.3) is 0 Å². The van der Waals surface area contributed by atoms with Crippen molar-refractivity contribution in [2.24, 2.45) is 0 Å². The highest BCUT2D eigenvalue weighted by molar-refractivity contribution is 5.95. The first-order valence-electron chi connectivity index (χ1n) is 10.3. The number of phenols is 4. The molecular weight excluding hydrogens is 400 g/mol. The smallest absolute Gasteiger partial charge is 0.124 e. The number of benzene rings is 5. The molecule has 32 heavy (non-hydrogen) atoms. The Bertz CT molecular complexity index is 1420. The minimum atomic E-state index is -0.108. The number of aromatic hydroxyl groups is 4. The van der Waals surface area contributed by atoms with Gasteiger partial charge < -0.3 is 20.4 Å². The molecule has 0 heterocycles. The van der Waals surface area contributed by atoms with Crippen molar-refractivity contribution >= 4 is 21.5 Å². The number of aryl methyl sites for hydroxylation is 2. The number of hydrogen-bond donors (Lipinski definition) is 4. The van der Waals surface area contributed by atoms with E-state index in [0.717, 1.165) is 32.7 Å². The van der Waals surface area contributed by atoms with Crippen LogP contribution in [0.3, 0.4) is 0 Å². The Morgan fingerprint density at radius 3 is 1.12 bits per heavy atom. The zero-order valence-corrected chi connectivity index (χ0v) is 17.7. The van der Waals surface area contributed by atoms with Crippen LogP contribution in [0.5, 0.6) is 23.0 Å². The monoisotopic (exact) mass is 422 g/mol. The summed E-state index contributed by atoms with van der Waals surface area (Å²) in [7, 11) is 0. The molecule has 0 aliphatic heterocycles. The third-order valence-corrected chi connectivity index (χ3v) is 5.91. The van der Waals surface area contributed by atoms with Gasteiger partial charge in [0.2, 0.25) is 0 Å². The lowest BCUT2D eigenvalue weighted by Crippen LogP contribution is -1.87. The fraction of sp³-hybridized carbons (Fsp3) is 0.0714. The van der Waals surface area contributed by atoms with Gasteiger partial charge in [-0.05, 0) is 71.8 Å². The van der Waals surface area contributed by atoms with Crippen LogP contribution in [0.15, 0.2) is 72.8 Å². The normalized spacial score (nSPS) is 11.3. The van der Waals surface area contributed by atoms with Crippen molar-refractivity contribution in [3.05, 3.63) is 83.9 Å². The molecule has 0 amide bonds. The maximum Gasteiger partial charge on any atom is 0.124 e. The summed E-state index contributed by atoms with van der Waals surface area (Å²) in [5, 5.41) is 46.4. The molecule has 0 saturated carbocycles. The molecule has 0 aromatic heterocycles. The molecule has 4 nitrogen and oxygen atoms in total. The summed E-state index contributed by atoms with van der Waals surface area (Å²) in [5.41, 5.74) is 3.62. The second-order valence-electron chi connectivity index (χ2n) is 8.33. The highest BCUT2D eigenvalue weighted by atomic mass is 16.3. The third kappa shape index (κ3) is 3.26. The summed E-state index contributed by atoms with van der Waals surface area (Å²) in [6.45, 7) is 3.98. The van der Waals surface area contributed by atoms with Gasteiger partial charge in [0.15, 0.2) is 0 Å². The number of phenolic OH excluding ortho intramolecular Hbond substituents is 4. The Labute approximate surface area is 185 Å². The van der Waals surface area contributed by atoms with E-state index >= 15 is 0 Å². The van der Waals surface area contributed by atoms with Gasteiger partial charge in [-0.2, -0.15) is 0 Å². The van der Waals surface area contributed by atoms with Crippen LogP contribution in [0.25, 0.3) is 43.8 Å². The largest absolute Gasteiger partial charge is 0.507 e. The van der Waals surface area contributed by atoms with Gasteiger partial charge in [-0.25, -0.2) is 0 Å². The Balaban J connectivity index is 1.68. The second-order valence-corrected chi connectivity index (χ2v) is 8.33. The van der Waals surface area contributed by atoms with Crippen molar-refractivity contribution in [3.63, 3.8) is 0 Å². The van der Waals surface area contributed by atoms with E-state index in [2.05, 4.69) is 0 Å². The molecule has 0 atom stereocenters. The van der Waals surface area contributed by atoms with Gasteiger partial charge in [0.1, 0.15) is 23.0 Å². The van der Waals surface area contributed by atoms with Gasteiger partial charge in [0.05, 0.1) is 0 Å². The number of rotatable bonds is 2. The predicted molar refractivity (Wildman–Crippen MR) is 128 cm³/mol. The van der Waals surface area contributed by atoms with Crippen LogP contribution in [0.1, 0.15) is 11.1 Å². The minimum absolute atomic E-state index is 0.00725.